The van der Waals surface area contributed by atoms with Gasteiger partial charge in [-0.25, -0.2) is 0 Å². The molecule has 1 heterocycles. The van der Waals surface area contributed by atoms with Crippen molar-refractivity contribution in [2.45, 2.75) is 54.5 Å². The number of hydrogen-bond acceptors (Lipinski definition) is 3. The zero-order valence-electron chi connectivity index (χ0n) is 18.6. The zero-order chi connectivity index (χ0) is 22.4. The first-order chi connectivity index (χ1) is 14.2. The Morgan fingerprint density at radius 3 is 2.30 bits per heavy atom. The molecule has 1 aromatic carbocycles. The molecule has 2 N–H and O–H groups in total. The Hall–Kier alpha value is -3.33. The number of carbonyl (C=O) groups is 2. The lowest BCUT2D eigenvalue weighted by atomic mass is 10.1. The van der Waals surface area contributed by atoms with Crippen molar-refractivity contribution in [1.82, 2.24) is 9.88 Å². The van der Waals surface area contributed by atoms with Gasteiger partial charge in [0.25, 0.3) is 5.91 Å². The molecule has 1 aromatic heterocycles. The summed E-state index contributed by atoms with van der Waals surface area (Å²) >= 11 is 0. The molecule has 0 aliphatic rings. The minimum atomic E-state index is -0.565. The van der Waals surface area contributed by atoms with Crippen LogP contribution in [0.1, 0.15) is 47.0 Å². The minimum Gasteiger partial charge on any atom is -0.349 e. The maximum absolute atomic E-state index is 12.5. The maximum atomic E-state index is 12.5. The predicted molar refractivity (Wildman–Crippen MR) is 120 cm³/mol. The highest BCUT2D eigenvalue weighted by Gasteiger charge is 2.14. The van der Waals surface area contributed by atoms with Crippen molar-refractivity contribution >= 4 is 23.6 Å². The molecule has 0 saturated heterocycles. The molecule has 30 heavy (non-hydrogen) atoms. The highest BCUT2D eigenvalue weighted by atomic mass is 16.2. The van der Waals surface area contributed by atoms with Crippen LogP contribution in [0.15, 0.2) is 23.8 Å². The molecule has 158 valence electrons. The molecule has 0 saturated carbocycles. The Balaban J connectivity index is 2.08. The Morgan fingerprint density at radius 2 is 1.73 bits per heavy atom. The minimum absolute atomic E-state index is 0.0257. The first kappa shape index (κ1) is 23.0. The Kier molecular flexibility index (Phi) is 7.60. The van der Waals surface area contributed by atoms with E-state index in [9.17, 15) is 14.9 Å². The van der Waals surface area contributed by atoms with Crippen LogP contribution in [-0.2, 0) is 16.1 Å². The first-order valence-corrected chi connectivity index (χ1v) is 10.1. The monoisotopic (exact) mass is 406 g/mol. The third-order valence-electron chi connectivity index (χ3n) is 5.08. The summed E-state index contributed by atoms with van der Waals surface area (Å²) in [4.78, 5) is 24.8. The number of nitrogens with zero attached hydrogens (tertiary/aromatic N) is 2. The fourth-order valence-corrected chi connectivity index (χ4v) is 3.66. The van der Waals surface area contributed by atoms with Crippen LogP contribution in [0.25, 0.3) is 6.08 Å². The SMILES string of the molecule is CCCn1c(C)cc(/C=C(/C#N)C(=O)NCC(=O)Nc2c(C)cc(C)cc2C)c1C. The van der Waals surface area contributed by atoms with Crippen LogP contribution in [0.3, 0.4) is 0 Å². The molecule has 0 atom stereocenters. The quantitative estimate of drug-likeness (QED) is 0.536. The van der Waals surface area contributed by atoms with Crippen LogP contribution >= 0.6 is 0 Å². The van der Waals surface area contributed by atoms with Crippen LogP contribution in [-0.4, -0.2) is 22.9 Å². The van der Waals surface area contributed by atoms with Crippen LogP contribution in [0.4, 0.5) is 5.69 Å². The van der Waals surface area contributed by atoms with Crippen molar-refractivity contribution in [2.24, 2.45) is 0 Å². The highest BCUT2D eigenvalue weighted by Crippen LogP contribution is 2.22. The fourth-order valence-electron chi connectivity index (χ4n) is 3.66. The summed E-state index contributed by atoms with van der Waals surface area (Å²) in [6, 6.07) is 7.89. The van der Waals surface area contributed by atoms with Crippen molar-refractivity contribution in [1.29, 1.82) is 5.26 Å². The van der Waals surface area contributed by atoms with E-state index < -0.39 is 5.91 Å². The summed E-state index contributed by atoms with van der Waals surface area (Å²) in [6.45, 7) is 12.6. The summed E-state index contributed by atoms with van der Waals surface area (Å²) in [7, 11) is 0. The summed E-state index contributed by atoms with van der Waals surface area (Å²) in [5.74, 6) is -0.901. The van der Waals surface area contributed by atoms with Crippen molar-refractivity contribution in [3.63, 3.8) is 0 Å². The molecule has 2 rings (SSSR count). The second kappa shape index (κ2) is 9.93. The summed E-state index contributed by atoms with van der Waals surface area (Å²) in [5.41, 5.74) is 6.71. The average molecular weight is 407 g/mol. The van der Waals surface area contributed by atoms with E-state index >= 15 is 0 Å². The normalized spacial score (nSPS) is 11.2. The number of carbonyl (C=O) groups excluding carboxylic acids is 2. The molecule has 0 aliphatic carbocycles. The van der Waals surface area contributed by atoms with Gasteiger partial charge in [-0.05, 0) is 69.9 Å². The van der Waals surface area contributed by atoms with Gasteiger partial charge in [-0.3, -0.25) is 9.59 Å². The van der Waals surface area contributed by atoms with Gasteiger partial charge in [0.1, 0.15) is 11.6 Å². The molecule has 0 aliphatic heterocycles. The largest absolute Gasteiger partial charge is 0.349 e. The Labute approximate surface area is 178 Å². The molecule has 0 bridgehead atoms. The van der Waals surface area contributed by atoms with Crippen molar-refractivity contribution in [3.8, 4) is 6.07 Å². The smallest absolute Gasteiger partial charge is 0.262 e. The molecule has 6 heteroatoms. The molecule has 2 amide bonds. The first-order valence-electron chi connectivity index (χ1n) is 10.1. The molecular formula is C24H30N4O2. The molecule has 0 unspecified atom stereocenters. The van der Waals surface area contributed by atoms with Gasteiger partial charge in [-0.15, -0.1) is 0 Å². The second-order valence-electron chi connectivity index (χ2n) is 7.65. The molecule has 6 nitrogen and oxygen atoms in total. The van der Waals surface area contributed by atoms with E-state index in [1.54, 1.807) is 6.08 Å². The molecule has 2 aromatic rings. The third kappa shape index (κ3) is 5.38. The van der Waals surface area contributed by atoms with Crippen LogP contribution in [0, 0.1) is 45.9 Å². The van der Waals surface area contributed by atoms with E-state index in [2.05, 4.69) is 22.1 Å². The van der Waals surface area contributed by atoms with E-state index in [-0.39, 0.29) is 18.0 Å². The van der Waals surface area contributed by atoms with Gasteiger partial charge in [-0.1, -0.05) is 24.6 Å². The predicted octanol–water partition coefficient (Wildman–Crippen LogP) is 4.10. The number of benzene rings is 1. The summed E-state index contributed by atoms with van der Waals surface area (Å²) in [5, 5.41) is 14.8. The van der Waals surface area contributed by atoms with Gasteiger partial charge < -0.3 is 15.2 Å². The van der Waals surface area contributed by atoms with Crippen LogP contribution < -0.4 is 10.6 Å². The van der Waals surface area contributed by atoms with Gasteiger partial charge in [0.2, 0.25) is 5.91 Å². The average Bonchev–Trinajstić information content (AvgIpc) is 2.94. The highest BCUT2D eigenvalue weighted by molar-refractivity contribution is 6.04. The van der Waals surface area contributed by atoms with Crippen molar-refractivity contribution in [2.75, 3.05) is 11.9 Å². The number of anilines is 1. The van der Waals surface area contributed by atoms with E-state index in [0.29, 0.717) is 0 Å². The topological polar surface area (TPSA) is 86.9 Å². The number of aromatic nitrogens is 1. The van der Waals surface area contributed by atoms with Crippen molar-refractivity contribution < 1.29 is 9.59 Å². The molecule has 0 radical (unpaired) electrons. The van der Waals surface area contributed by atoms with Crippen molar-refractivity contribution in [3.05, 3.63) is 57.4 Å². The number of amides is 2. The lowest BCUT2D eigenvalue weighted by molar-refractivity contribution is -0.121. The summed E-state index contributed by atoms with van der Waals surface area (Å²) < 4.78 is 2.17. The van der Waals surface area contributed by atoms with E-state index in [1.165, 1.54) is 0 Å². The second-order valence-corrected chi connectivity index (χ2v) is 7.65. The van der Waals surface area contributed by atoms with Crippen LogP contribution in [0.2, 0.25) is 0 Å². The lowest BCUT2D eigenvalue weighted by Crippen LogP contribution is -2.33. The Bertz CT molecular complexity index is 1020. The standard InChI is InChI=1S/C24H30N4O2/c1-7-8-28-18(5)11-20(19(28)6)12-21(13-25)24(30)26-14-22(29)27-23-16(3)9-15(2)10-17(23)4/h9-12H,7-8,14H2,1-6H3,(H,26,30)(H,27,29)/b21-12-. The lowest BCUT2D eigenvalue weighted by Gasteiger charge is -2.13. The van der Waals surface area contributed by atoms with E-state index in [4.69, 9.17) is 0 Å². The molecule has 0 spiro atoms. The number of aryl methyl sites for hydroxylation is 4. The van der Waals surface area contributed by atoms with Gasteiger partial charge >= 0.3 is 0 Å². The van der Waals surface area contributed by atoms with Gasteiger partial charge in [0.15, 0.2) is 0 Å². The molecular weight excluding hydrogens is 376 g/mol. The number of nitrogens with one attached hydrogen (secondary N) is 2. The maximum Gasteiger partial charge on any atom is 0.262 e. The van der Waals surface area contributed by atoms with E-state index in [0.717, 1.165) is 52.3 Å². The van der Waals surface area contributed by atoms with Gasteiger partial charge in [0, 0.05) is 23.6 Å². The zero-order valence-corrected chi connectivity index (χ0v) is 18.6. The number of hydrogen-bond donors (Lipinski definition) is 2. The van der Waals surface area contributed by atoms with Gasteiger partial charge in [0.05, 0.1) is 6.54 Å². The molecule has 0 fully saturated rings. The summed E-state index contributed by atoms with van der Waals surface area (Å²) in [6.07, 6.45) is 2.58. The van der Waals surface area contributed by atoms with Crippen LogP contribution in [0.5, 0.6) is 0 Å². The number of rotatable bonds is 7. The Morgan fingerprint density at radius 1 is 1.10 bits per heavy atom. The fraction of sp³-hybridized carbons (Fsp3) is 0.375. The van der Waals surface area contributed by atoms with E-state index in [1.807, 2.05) is 58.9 Å². The van der Waals surface area contributed by atoms with Gasteiger partial charge in [-0.2, -0.15) is 5.26 Å². The number of nitriles is 1. The third-order valence-corrected chi connectivity index (χ3v) is 5.08.